The molecule has 0 bridgehead atoms. The van der Waals surface area contributed by atoms with Crippen molar-refractivity contribution in [3.8, 4) is 0 Å². The standard InChI is InChI=1S/C14H23N3O3/c1-3-7-17(9-11-5-4-6-15-11)14(18)13-8-12(10-19-2)20-16-13/h8,11,15H,3-7,9-10H2,1-2H3. The number of nitrogens with zero attached hydrogens (tertiary/aromatic N) is 2. The van der Waals surface area contributed by atoms with Crippen molar-refractivity contribution < 1.29 is 14.1 Å². The Balaban J connectivity index is 2.00. The Hall–Kier alpha value is -1.40. The molecule has 1 N–H and O–H groups in total. The lowest BCUT2D eigenvalue weighted by molar-refractivity contribution is 0.0731. The van der Waals surface area contributed by atoms with Gasteiger partial charge in [-0.3, -0.25) is 4.79 Å². The largest absolute Gasteiger partial charge is 0.377 e. The van der Waals surface area contributed by atoms with Crippen molar-refractivity contribution in [1.29, 1.82) is 0 Å². The van der Waals surface area contributed by atoms with E-state index in [-0.39, 0.29) is 5.91 Å². The summed E-state index contributed by atoms with van der Waals surface area (Å²) in [7, 11) is 1.58. The Morgan fingerprint density at radius 2 is 2.50 bits per heavy atom. The minimum absolute atomic E-state index is 0.0633. The van der Waals surface area contributed by atoms with Crippen LogP contribution in [0.5, 0.6) is 0 Å². The van der Waals surface area contributed by atoms with Crippen molar-refractivity contribution in [2.45, 2.75) is 38.8 Å². The number of rotatable bonds is 7. The summed E-state index contributed by atoms with van der Waals surface area (Å²) in [6.45, 7) is 4.92. The predicted octanol–water partition coefficient (Wildman–Crippen LogP) is 1.43. The number of amides is 1. The predicted molar refractivity (Wildman–Crippen MR) is 74.4 cm³/mol. The second kappa shape index (κ2) is 7.40. The zero-order valence-corrected chi connectivity index (χ0v) is 12.2. The van der Waals surface area contributed by atoms with Crippen LogP contribution in [0.2, 0.25) is 0 Å². The zero-order chi connectivity index (χ0) is 14.4. The van der Waals surface area contributed by atoms with Gasteiger partial charge in [-0.15, -0.1) is 0 Å². The van der Waals surface area contributed by atoms with Crippen molar-refractivity contribution in [2.75, 3.05) is 26.7 Å². The molecule has 1 aliphatic heterocycles. The average Bonchev–Trinajstić information content (AvgIpc) is 3.09. The van der Waals surface area contributed by atoms with Crippen LogP contribution in [-0.4, -0.2) is 48.7 Å². The number of hydrogen-bond acceptors (Lipinski definition) is 5. The van der Waals surface area contributed by atoms with E-state index in [2.05, 4.69) is 17.4 Å². The van der Waals surface area contributed by atoms with E-state index in [1.165, 1.54) is 6.42 Å². The van der Waals surface area contributed by atoms with Gasteiger partial charge in [-0.1, -0.05) is 12.1 Å². The van der Waals surface area contributed by atoms with Gasteiger partial charge in [0.1, 0.15) is 6.61 Å². The molecule has 0 aliphatic carbocycles. The Bertz CT molecular complexity index is 427. The highest BCUT2D eigenvalue weighted by Crippen LogP contribution is 2.12. The normalized spacial score (nSPS) is 18.4. The van der Waals surface area contributed by atoms with Gasteiger partial charge < -0.3 is 19.5 Å². The fourth-order valence-electron chi connectivity index (χ4n) is 2.51. The minimum atomic E-state index is -0.0633. The topological polar surface area (TPSA) is 67.6 Å². The van der Waals surface area contributed by atoms with Crippen LogP contribution in [0.1, 0.15) is 42.4 Å². The van der Waals surface area contributed by atoms with Crippen molar-refractivity contribution >= 4 is 5.91 Å². The van der Waals surface area contributed by atoms with E-state index in [0.717, 1.165) is 32.5 Å². The molecule has 1 atom stereocenters. The van der Waals surface area contributed by atoms with Crippen molar-refractivity contribution in [3.63, 3.8) is 0 Å². The van der Waals surface area contributed by atoms with E-state index in [9.17, 15) is 4.79 Å². The van der Waals surface area contributed by atoms with Crippen molar-refractivity contribution in [3.05, 3.63) is 17.5 Å². The lowest BCUT2D eigenvalue weighted by Crippen LogP contribution is -2.41. The van der Waals surface area contributed by atoms with Gasteiger partial charge in [0.25, 0.3) is 5.91 Å². The minimum Gasteiger partial charge on any atom is -0.377 e. The molecular weight excluding hydrogens is 258 g/mol. The molecular formula is C14H23N3O3. The molecule has 1 saturated heterocycles. The fourth-order valence-corrected chi connectivity index (χ4v) is 2.51. The highest BCUT2D eigenvalue weighted by atomic mass is 16.5. The lowest BCUT2D eigenvalue weighted by atomic mass is 10.2. The Kier molecular flexibility index (Phi) is 5.55. The number of carbonyl (C=O) groups is 1. The molecule has 6 heteroatoms. The quantitative estimate of drug-likeness (QED) is 0.819. The van der Waals surface area contributed by atoms with Crippen LogP contribution < -0.4 is 5.32 Å². The van der Waals surface area contributed by atoms with Gasteiger partial charge in [0.15, 0.2) is 11.5 Å². The van der Waals surface area contributed by atoms with E-state index in [0.29, 0.717) is 24.1 Å². The van der Waals surface area contributed by atoms with Gasteiger partial charge in [-0.2, -0.15) is 0 Å². The summed E-state index contributed by atoms with van der Waals surface area (Å²) in [6, 6.07) is 2.06. The van der Waals surface area contributed by atoms with Gasteiger partial charge in [-0.25, -0.2) is 0 Å². The van der Waals surface area contributed by atoms with E-state index in [1.54, 1.807) is 13.2 Å². The summed E-state index contributed by atoms with van der Waals surface area (Å²) < 4.78 is 10.1. The molecule has 2 heterocycles. The van der Waals surface area contributed by atoms with E-state index in [1.807, 2.05) is 4.90 Å². The molecule has 0 saturated carbocycles. The molecule has 1 aliphatic rings. The summed E-state index contributed by atoms with van der Waals surface area (Å²) in [6.07, 6.45) is 3.24. The highest BCUT2D eigenvalue weighted by molar-refractivity contribution is 5.92. The Morgan fingerprint density at radius 3 is 3.15 bits per heavy atom. The van der Waals surface area contributed by atoms with Crippen LogP contribution in [0.25, 0.3) is 0 Å². The molecule has 1 amide bonds. The van der Waals surface area contributed by atoms with Gasteiger partial charge in [0, 0.05) is 32.3 Å². The Labute approximate surface area is 119 Å². The number of nitrogens with one attached hydrogen (secondary N) is 1. The molecule has 1 aromatic rings. The lowest BCUT2D eigenvalue weighted by Gasteiger charge is -2.24. The van der Waals surface area contributed by atoms with Crippen molar-refractivity contribution in [2.24, 2.45) is 0 Å². The first-order valence-electron chi connectivity index (χ1n) is 7.21. The molecule has 6 nitrogen and oxygen atoms in total. The maximum atomic E-state index is 12.5. The summed E-state index contributed by atoms with van der Waals surface area (Å²) in [5, 5.41) is 7.27. The summed E-state index contributed by atoms with van der Waals surface area (Å²) in [5.41, 5.74) is 0.364. The third-order valence-electron chi connectivity index (χ3n) is 3.45. The number of ether oxygens (including phenoxy) is 1. The van der Waals surface area contributed by atoms with Gasteiger partial charge in [0.2, 0.25) is 0 Å². The second-order valence-corrected chi connectivity index (χ2v) is 5.16. The van der Waals surface area contributed by atoms with Crippen LogP contribution in [0.15, 0.2) is 10.6 Å². The summed E-state index contributed by atoms with van der Waals surface area (Å²) >= 11 is 0. The van der Waals surface area contributed by atoms with Crippen LogP contribution in [-0.2, 0) is 11.3 Å². The first kappa shape index (κ1) is 15.0. The summed E-state index contributed by atoms with van der Waals surface area (Å²) in [4.78, 5) is 14.3. The smallest absolute Gasteiger partial charge is 0.276 e. The molecule has 2 rings (SSSR count). The third kappa shape index (κ3) is 3.80. The number of methoxy groups -OCH3 is 1. The second-order valence-electron chi connectivity index (χ2n) is 5.16. The van der Waals surface area contributed by atoms with Crippen LogP contribution in [0.3, 0.4) is 0 Å². The zero-order valence-electron chi connectivity index (χ0n) is 12.2. The summed E-state index contributed by atoms with van der Waals surface area (Å²) in [5.74, 6) is 0.512. The SMILES string of the molecule is CCCN(CC1CCCN1)C(=O)c1cc(COC)on1. The molecule has 1 aromatic heterocycles. The van der Waals surface area contributed by atoms with Crippen LogP contribution in [0, 0.1) is 0 Å². The van der Waals surface area contributed by atoms with E-state index >= 15 is 0 Å². The molecule has 1 fully saturated rings. The maximum Gasteiger partial charge on any atom is 0.276 e. The maximum absolute atomic E-state index is 12.5. The van der Waals surface area contributed by atoms with Gasteiger partial charge in [0.05, 0.1) is 0 Å². The molecule has 0 spiro atoms. The first-order valence-corrected chi connectivity index (χ1v) is 7.21. The fraction of sp³-hybridized carbons (Fsp3) is 0.714. The van der Waals surface area contributed by atoms with E-state index in [4.69, 9.17) is 9.26 Å². The monoisotopic (exact) mass is 281 g/mol. The molecule has 20 heavy (non-hydrogen) atoms. The van der Waals surface area contributed by atoms with Crippen LogP contribution in [0.4, 0.5) is 0 Å². The Morgan fingerprint density at radius 1 is 1.65 bits per heavy atom. The molecule has 0 radical (unpaired) electrons. The molecule has 1 unspecified atom stereocenters. The molecule has 0 aromatic carbocycles. The number of hydrogen-bond donors (Lipinski definition) is 1. The van der Waals surface area contributed by atoms with E-state index < -0.39 is 0 Å². The van der Waals surface area contributed by atoms with Gasteiger partial charge >= 0.3 is 0 Å². The van der Waals surface area contributed by atoms with Crippen LogP contribution >= 0.6 is 0 Å². The molecule has 112 valence electrons. The number of carbonyl (C=O) groups excluding carboxylic acids is 1. The number of aromatic nitrogens is 1. The average molecular weight is 281 g/mol. The highest BCUT2D eigenvalue weighted by Gasteiger charge is 2.24. The van der Waals surface area contributed by atoms with Crippen molar-refractivity contribution in [1.82, 2.24) is 15.4 Å². The first-order chi connectivity index (χ1) is 9.74. The third-order valence-corrected chi connectivity index (χ3v) is 3.45. The van der Waals surface area contributed by atoms with Gasteiger partial charge in [-0.05, 0) is 25.8 Å².